The van der Waals surface area contributed by atoms with Gasteiger partial charge in [-0.25, -0.2) is 0 Å². The van der Waals surface area contributed by atoms with Gasteiger partial charge in [0, 0.05) is 13.1 Å². The second-order valence-corrected chi connectivity index (χ2v) is 6.00. The lowest BCUT2D eigenvalue weighted by Crippen LogP contribution is -2.38. The van der Waals surface area contributed by atoms with E-state index in [1.807, 2.05) is 6.07 Å². The van der Waals surface area contributed by atoms with E-state index in [1.165, 1.54) is 16.3 Å². The van der Waals surface area contributed by atoms with Crippen LogP contribution in [0.3, 0.4) is 0 Å². The van der Waals surface area contributed by atoms with Crippen LogP contribution in [0.5, 0.6) is 0 Å². The van der Waals surface area contributed by atoms with Gasteiger partial charge in [0.05, 0.1) is 18.3 Å². The zero-order valence-electron chi connectivity index (χ0n) is 15.3. The molecule has 1 aromatic heterocycles. The topological polar surface area (TPSA) is 62.5 Å². The standard InChI is InChI=1S/C20H24N4O.HI/c1-4-16-12-17(25-24-16)13-22-20(21-3)23-14(2)18-11-7-9-15-8-5-6-10-19(15)18;/h5-12,14H,4,13H2,1-3H3,(H2,21,22,23);1H. The number of benzene rings is 2. The van der Waals surface area contributed by atoms with E-state index in [0.29, 0.717) is 6.54 Å². The molecule has 0 bridgehead atoms. The van der Waals surface area contributed by atoms with Crippen molar-refractivity contribution in [2.75, 3.05) is 7.05 Å². The van der Waals surface area contributed by atoms with E-state index in [1.54, 1.807) is 7.05 Å². The first-order valence-corrected chi connectivity index (χ1v) is 8.60. The second-order valence-electron chi connectivity index (χ2n) is 6.00. The van der Waals surface area contributed by atoms with Crippen LogP contribution in [-0.4, -0.2) is 18.2 Å². The average molecular weight is 464 g/mol. The van der Waals surface area contributed by atoms with Crippen molar-refractivity contribution in [1.82, 2.24) is 15.8 Å². The van der Waals surface area contributed by atoms with E-state index >= 15 is 0 Å². The smallest absolute Gasteiger partial charge is 0.191 e. The number of fused-ring (bicyclic) bond motifs is 1. The van der Waals surface area contributed by atoms with Gasteiger partial charge in [-0.05, 0) is 29.7 Å². The summed E-state index contributed by atoms with van der Waals surface area (Å²) in [6.45, 7) is 4.74. The first-order valence-electron chi connectivity index (χ1n) is 8.60. The van der Waals surface area contributed by atoms with Crippen molar-refractivity contribution in [2.45, 2.75) is 32.9 Å². The van der Waals surface area contributed by atoms with Gasteiger partial charge in [0.1, 0.15) is 0 Å². The number of halogens is 1. The molecule has 0 amide bonds. The van der Waals surface area contributed by atoms with Gasteiger partial charge in [-0.15, -0.1) is 24.0 Å². The van der Waals surface area contributed by atoms with Crippen LogP contribution < -0.4 is 10.6 Å². The van der Waals surface area contributed by atoms with Gasteiger partial charge in [0.2, 0.25) is 0 Å². The van der Waals surface area contributed by atoms with Crippen molar-refractivity contribution >= 4 is 40.7 Å². The summed E-state index contributed by atoms with van der Waals surface area (Å²) < 4.78 is 5.30. The summed E-state index contributed by atoms with van der Waals surface area (Å²) >= 11 is 0. The molecule has 0 saturated heterocycles. The quantitative estimate of drug-likeness (QED) is 0.333. The first-order chi connectivity index (χ1) is 12.2. The highest BCUT2D eigenvalue weighted by Gasteiger charge is 2.11. The summed E-state index contributed by atoms with van der Waals surface area (Å²) in [5.41, 5.74) is 2.21. The third-order valence-electron chi connectivity index (χ3n) is 4.27. The van der Waals surface area contributed by atoms with Crippen LogP contribution in [0.1, 0.15) is 36.9 Å². The maximum absolute atomic E-state index is 5.30. The van der Waals surface area contributed by atoms with Gasteiger partial charge in [-0.3, -0.25) is 4.99 Å². The maximum atomic E-state index is 5.30. The fourth-order valence-corrected chi connectivity index (χ4v) is 2.88. The molecule has 5 nitrogen and oxygen atoms in total. The monoisotopic (exact) mass is 464 g/mol. The summed E-state index contributed by atoms with van der Waals surface area (Å²) in [5, 5.41) is 13.2. The molecular weight excluding hydrogens is 439 g/mol. The molecule has 3 aromatic rings. The molecule has 1 unspecified atom stereocenters. The van der Waals surface area contributed by atoms with Crippen LogP contribution in [0, 0.1) is 0 Å². The van der Waals surface area contributed by atoms with Crippen molar-refractivity contribution in [1.29, 1.82) is 0 Å². The molecular formula is C20H25IN4O. The number of aryl methyl sites for hydroxylation is 1. The van der Waals surface area contributed by atoms with Gasteiger partial charge in [-0.1, -0.05) is 54.5 Å². The van der Waals surface area contributed by atoms with Crippen molar-refractivity contribution < 1.29 is 4.52 Å². The number of nitrogens with one attached hydrogen (secondary N) is 2. The van der Waals surface area contributed by atoms with Crippen molar-refractivity contribution in [3.05, 3.63) is 65.5 Å². The van der Waals surface area contributed by atoms with Crippen molar-refractivity contribution in [3.63, 3.8) is 0 Å². The molecule has 6 heteroatoms. The van der Waals surface area contributed by atoms with E-state index in [-0.39, 0.29) is 30.0 Å². The highest BCUT2D eigenvalue weighted by Crippen LogP contribution is 2.23. The molecule has 0 saturated carbocycles. The highest BCUT2D eigenvalue weighted by molar-refractivity contribution is 14.0. The normalized spacial score (nSPS) is 12.5. The Morgan fingerprint density at radius 1 is 1.19 bits per heavy atom. The number of nitrogens with zero attached hydrogens (tertiary/aromatic N) is 2. The Kier molecular flexibility index (Phi) is 7.44. The number of aliphatic imine (C=N–C) groups is 1. The number of hydrogen-bond donors (Lipinski definition) is 2. The van der Waals surface area contributed by atoms with Crippen LogP contribution in [0.15, 0.2) is 58.0 Å². The molecule has 1 heterocycles. The van der Waals surface area contributed by atoms with Crippen LogP contribution in [0.2, 0.25) is 0 Å². The molecule has 1 atom stereocenters. The molecule has 0 radical (unpaired) electrons. The predicted octanol–water partition coefficient (Wildman–Crippen LogP) is 4.43. The van der Waals surface area contributed by atoms with E-state index < -0.39 is 0 Å². The molecule has 0 spiro atoms. The van der Waals surface area contributed by atoms with Crippen LogP contribution >= 0.6 is 24.0 Å². The average Bonchev–Trinajstić information content (AvgIpc) is 3.12. The van der Waals surface area contributed by atoms with Gasteiger partial charge >= 0.3 is 0 Å². The van der Waals surface area contributed by atoms with Crippen LogP contribution in [0.25, 0.3) is 10.8 Å². The second kappa shape index (κ2) is 9.56. The first kappa shape index (κ1) is 20.2. The van der Waals surface area contributed by atoms with Crippen LogP contribution in [0.4, 0.5) is 0 Å². The molecule has 0 fully saturated rings. The van der Waals surface area contributed by atoms with E-state index in [2.05, 4.69) is 77.1 Å². The molecule has 138 valence electrons. The largest absolute Gasteiger partial charge is 0.359 e. The lowest BCUT2D eigenvalue weighted by molar-refractivity contribution is 0.374. The lowest BCUT2D eigenvalue weighted by Gasteiger charge is -2.19. The molecule has 26 heavy (non-hydrogen) atoms. The van der Waals surface area contributed by atoms with Crippen molar-refractivity contribution in [2.24, 2.45) is 4.99 Å². The van der Waals surface area contributed by atoms with Gasteiger partial charge in [0.25, 0.3) is 0 Å². The SMILES string of the molecule is CCc1cc(CNC(=NC)NC(C)c2cccc3ccccc23)on1.I. The van der Waals surface area contributed by atoms with Gasteiger partial charge in [0.15, 0.2) is 11.7 Å². The molecule has 2 aromatic carbocycles. The summed E-state index contributed by atoms with van der Waals surface area (Å²) in [6.07, 6.45) is 0.870. The third kappa shape index (κ3) is 4.75. The zero-order chi connectivity index (χ0) is 17.6. The Labute approximate surface area is 171 Å². The maximum Gasteiger partial charge on any atom is 0.191 e. The Balaban J connectivity index is 0.00000243. The highest BCUT2D eigenvalue weighted by atomic mass is 127. The Bertz CT molecular complexity index is 870. The minimum atomic E-state index is 0. The fraction of sp³-hybridized carbons (Fsp3) is 0.300. The summed E-state index contributed by atoms with van der Waals surface area (Å²) in [5.74, 6) is 1.53. The minimum absolute atomic E-state index is 0. The van der Waals surface area contributed by atoms with Gasteiger partial charge in [-0.2, -0.15) is 0 Å². The fourth-order valence-electron chi connectivity index (χ4n) is 2.88. The summed E-state index contributed by atoms with van der Waals surface area (Å²) in [4.78, 5) is 4.31. The van der Waals surface area contributed by atoms with E-state index in [4.69, 9.17) is 4.52 Å². The zero-order valence-corrected chi connectivity index (χ0v) is 17.7. The molecule has 0 aliphatic heterocycles. The van der Waals surface area contributed by atoms with Crippen molar-refractivity contribution in [3.8, 4) is 0 Å². The molecule has 3 rings (SSSR count). The number of rotatable bonds is 5. The molecule has 2 N–H and O–H groups in total. The molecule has 0 aliphatic carbocycles. The Hall–Kier alpha value is -2.09. The minimum Gasteiger partial charge on any atom is -0.359 e. The lowest BCUT2D eigenvalue weighted by atomic mass is 10.00. The summed E-state index contributed by atoms with van der Waals surface area (Å²) in [7, 11) is 1.77. The summed E-state index contributed by atoms with van der Waals surface area (Å²) in [6, 6.07) is 16.9. The van der Waals surface area contributed by atoms with Crippen LogP contribution in [-0.2, 0) is 13.0 Å². The number of hydrogen-bond acceptors (Lipinski definition) is 3. The van der Waals surface area contributed by atoms with E-state index in [9.17, 15) is 0 Å². The van der Waals surface area contributed by atoms with Gasteiger partial charge < -0.3 is 15.2 Å². The Morgan fingerprint density at radius 3 is 2.69 bits per heavy atom. The Morgan fingerprint density at radius 2 is 1.96 bits per heavy atom. The third-order valence-corrected chi connectivity index (χ3v) is 4.27. The predicted molar refractivity (Wildman–Crippen MR) is 117 cm³/mol. The van der Waals surface area contributed by atoms with E-state index in [0.717, 1.165) is 23.8 Å². The molecule has 0 aliphatic rings. The number of aromatic nitrogens is 1. The number of guanidine groups is 1.